The number of amidine groups is 1. The summed E-state index contributed by atoms with van der Waals surface area (Å²) in [5.74, 6) is -0.365. The Bertz CT molecular complexity index is 1220. The van der Waals surface area contributed by atoms with Gasteiger partial charge >= 0.3 is 0 Å². The fourth-order valence-corrected chi connectivity index (χ4v) is 5.35. The van der Waals surface area contributed by atoms with E-state index in [-0.39, 0.29) is 29.6 Å². The van der Waals surface area contributed by atoms with Gasteiger partial charge in [-0.3, -0.25) is 29.4 Å². The summed E-state index contributed by atoms with van der Waals surface area (Å²) in [6.45, 7) is 1.65. The SMILES string of the molecule is COc1ccc(NC(=O)C[C@H]2SC(=Nc3ccccc3)N(CCCN3CCCC3=O)C2=O)c([N+](=O)[O-])c1. The molecule has 0 spiro atoms. The second kappa shape index (κ2) is 11.9. The quantitative estimate of drug-likeness (QED) is 0.370. The van der Waals surface area contributed by atoms with Gasteiger partial charge in [0.05, 0.1) is 23.8 Å². The highest BCUT2D eigenvalue weighted by molar-refractivity contribution is 8.15. The third-order valence-corrected chi connectivity index (χ3v) is 7.20. The number of anilines is 1. The van der Waals surface area contributed by atoms with Crippen LogP contribution < -0.4 is 10.1 Å². The molecular weight excluding hydrogens is 498 g/mol. The van der Waals surface area contributed by atoms with Crippen molar-refractivity contribution in [2.24, 2.45) is 4.99 Å². The zero-order chi connectivity index (χ0) is 26.4. The third-order valence-electron chi connectivity index (χ3n) is 6.03. The van der Waals surface area contributed by atoms with Gasteiger partial charge in [0.1, 0.15) is 16.7 Å². The van der Waals surface area contributed by atoms with E-state index < -0.39 is 16.1 Å². The Kier molecular flexibility index (Phi) is 8.39. The number of ether oxygens (including phenoxy) is 1. The van der Waals surface area contributed by atoms with Crippen LogP contribution in [0.4, 0.5) is 17.1 Å². The molecule has 37 heavy (non-hydrogen) atoms. The van der Waals surface area contributed by atoms with E-state index in [0.717, 1.165) is 13.0 Å². The van der Waals surface area contributed by atoms with Gasteiger partial charge < -0.3 is 15.0 Å². The molecule has 2 aromatic rings. The number of hydrogen-bond acceptors (Lipinski definition) is 8. The Morgan fingerprint density at radius 1 is 1.22 bits per heavy atom. The first-order valence-electron chi connectivity index (χ1n) is 11.9. The second-order valence-corrected chi connectivity index (χ2v) is 9.73. The number of amides is 3. The van der Waals surface area contributed by atoms with Crippen molar-refractivity contribution in [1.82, 2.24) is 9.80 Å². The molecule has 0 bridgehead atoms. The number of benzene rings is 2. The van der Waals surface area contributed by atoms with Crippen LogP contribution in [0.2, 0.25) is 0 Å². The van der Waals surface area contributed by atoms with Crippen LogP contribution in [-0.4, -0.2) is 69.6 Å². The largest absolute Gasteiger partial charge is 0.496 e. The first-order valence-corrected chi connectivity index (χ1v) is 12.8. The van der Waals surface area contributed by atoms with Crippen LogP contribution in [0.25, 0.3) is 0 Å². The molecule has 1 atom stereocenters. The van der Waals surface area contributed by atoms with Gasteiger partial charge in [-0.25, -0.2) is 4.99 Å². The molecular formula is C25H27N5O6S. The molecule has 2 aromatic carbocycles. The van der Waals surface area contributed by atoms with Crippen LogP contribution in [0.15, 0.2) is 53.5 Å². The molecule has 0 saturated carbocycles. The van der Waals surface area contributed by atoms with Gasteiger partial charge in [0, 0.05) is 32.5 Å². The number of methoxy groups -OCH3 is 1. The van der Waals surface area contributed by atoms with Crippen LogP contribution in [-0.2, 0) is 14.4 Å². The van der Waals surface area contributed by atoms with Crippen molar-refractivity contribution in [3.8, 4) is 5.75 Å². The maximum absolute atomic E-state index is 13.3. The van der Waals surface area contributed by atoms with Crippen LogP contribution in [0.1, 0.15) is 25.7 Å². The molecule has 2 aliphatic heterocycles. The normalized spacial score (nSPS) is 18.5. The molecule has 0 radical (unpaired) electrons. The summed E-state index contributed by atoms with van der Waals surface area (Å²) in [7, 11) is 1.39. The first-order chi connectivity index (χ1) is 17.9. The predicted molar refractivity (Wildman–Crippen MR) is 140 cm³/mol. The van der Waals surface area contributed by atoms with Gasteiger partial charge in [-0.05, 0) is 37.1 Å². The number of rotatable bonds is 10. The Labute approximate surface area is 218 Å². The van der Waals surface area contributed by atoms with E-state index in [1.807, 2.05) is 30.3 Å². The standard InChI is InChI=1S/C25H27N5O6S/c1-36-18-10-11-19(20(15-18)30(34)35)27-22(31)16-21-24(33)29(14-6-13-28-12-5-9-23(28)32)25(37-21)26-17-7-3-2-4-8-17/h2-4,7-8,10-11,15,21H,5-6,9,12-14,16H2,1H3,(H,27,31)/t21-/m1/s1. The molecule has 2 aliphatic rings. The average molecular weight is 526 g/mol. The highest BCUT2D eigenvalue weighted by atomic mass is 32.2. The van der Waals surface area contributed by atoms with Crippen molar-refractivity contribution in [3.05, 3.63) is 58.6 Å². The number of nitrogens with zero attached hydrogens (tertiary/aromatic N) is 4. The molecule has 2 saturated heterocycles. The fourth-order valence-electron chi connectivity index (χ4n) is 4.17. The Morgan fingerprint density at radius 3 is 2.68 bits per heavy atom. The number of likely N-dealkylation sites (tertiary alicyclic amines) is 1. The number of hydrogen-bond donors (Lipinski definition) is 1. The number of carbonyl (C=O) groups excluding carboxylic acids is 3. The molecule has 3 amide bonds. The summed E-state index contributed by atoms with van der Waals surface area (Å²) in [5, 5.41) is 13.7. The van der Waals surface area contributed by atoms with E-state index in [0.29, 0.717) is 42.5 Å². The highest BCUT2D eigenvalue weighted by Gasteiger charge is 2.39. The van der Waals surface area contributed by atoms with Crippen LogP contribution in [0, 0.1) is 10.1 Å². The van der Waals surface area contributed by atoms with Gasteiger partial charge in [0.2, 0.25) is 17.7 Å². The van der Waals surface area contributed by atoms with E-state index in [2.05, 4.69) is 10.3 Å². The Hall–Kier alpha value is -3.93. The lowest BCUT2D eigenvalue weighted by atomic mass is 10.2. The van der Waals surface area contributed by atoms with Gasteiger partial charge in [-0.2, -0.15) is 0 Å². The molecule has 1 N–H and O–H groups in total. The molecule has 4 rings (SSSR count). The van der Waals surface area contributed by atoms with Crippen molar-refractivity contribution in [3.63, 3.8) is 0 Å². The number of nitrogens with one attached hydrogen (secondary N) is 1. The summed E-state index contributed by atoms with van der Waals surface area (Å²) in [6, 6.07) is 13.3. The summed E-state index contributed by atoms with van der Waals surface area (Å²) in [4.78, 5) is 56.8. The Balaban J connectivity index is 1.46. The maximum atomic E-state index is 13.3. The van der Waals surface area contributed by atoms with Gasteiger partial charge in [-0.15, -0.1) is 0 Å². The first kappa shape index (κ1) is 26.1. The molecule has 12 heteroatoms. The molecule has 0 aromatic heterocycles. The fraction of sp³-hybridized carbons (Fsp3) is 0.360. The topological polar surface area (TPSA) is 134 Å². The van der Waals surface area contributed by atoms with Gasteiger partial charge in [0.15, 0.2) is 5.17 Å². The summed E-state index contributed by atoms with van der Waals surface area (Å²) in [6.07, 6.45) is 1.81. The molecule has 2 fully saturated rings. The number of thioether (sulfide) groups is 1. The third kappa shape index (κ3) is 6.45. The lowest BCUT2D eigenvalue weighted by Gasteiger charge is -2.20. The summed E-state index contributed by atoms with van der Waals surface area (Å²) < 4.78 is 5.02. The monoisotopic (exact) mass is 525 g/mol. The van der Waals surface area contributed by atoms with E-state index >= 15 is 0 Å². The van der Waals surface area contributed by atoms with Crippen molar-refractivity contribution < 1.29 is 24.0 Å². The molecule has 2 heterocycles. The number of carbonyl (C=O) groups is 3. The van der Waals surface area contributed by atoms with E-state index in [1.54, 1.807) is 9.80 Å². The number of para-hydroxylation sites is 1. The van der Waals surface area contributed by atoms with Crippen molar-refractivity contribution in [2.75, 3.05) is 32.1 Å². The van der Waals surface area contributed by atoms with Crippen LogP contribution >= 0.6 is 11.8 Å². The number of aliphatic imine (C=N–C) groups is 1. The summed E-state index contributed by atoms with van der Waals surface area (Å²) in [5.41, 5.74) is 0.399. The molecule has 0 unspecified atom stereocenters. The molecule has 194 valence electrons. The van der Waals surface area contributed by atoms with Crippen LogP contribution in [0.3, 0.4) is 0 Å². The minimum absolute atomic E-state index is 0.0246. The Morgan fingerprint density at radius 2 is 2.00 bits per heavy atom. The van der Waals surface area contributed by atoms with Crippen molar-refractivity contribution in [1.29, 1.82) is 0 Å². The van der Waals surface area contributed by atoms with Crippen molar-refractivity contribution in [2.45, 2.75) is 30.9 Å². The van der Waals surface area contributed by atoms with Gasteiger partial charge in [0.25, 0.3) is 5.69 Å². The second-order valence-electron chi connectivity index (χ2n) is 8.56. The van der Waals surface area contributed by atoms with E-state index in [9.17, 15) is 24.5 Å². The maximum Gasteiger partial charge on any atom is 0.296 e. The summed E-state index contributed by atoms with van der Waals surface area (Å²) >= 11 is 1.19. The smallest absolute Gasteiger partial charge is 0.296 e. The van der Waals surface area contributed by atoms with E-state index in [1.165, 1.54) is 37.1 Å². The minimum atomic E-state index is -0.729. The van der Waals surface area contributed by atoms with Crippen molar-refractivity contribution >= 4 is 51.7 Å². The molecule has 0 aliphatic carbocycles. The van der Waals surface area contributed by atoms with Gasteiger partial charge in [-0.1, -0.05) is 30.0 Å². The molecule has 11 nitrogen and oxygen atoms in total. The number of nitro groups is 1. The predicted octanol–water partition coefficient (Wildman–Crippen LogP) is 3.58. The highest BCUT2D eigenvalue weighted by Crippen LogP contribution is 2.33. The lowest BCUT2D eigenvalue weighted by Crippen LogP contribution is -2.36. The number of nitro benzene ring substituents is 1. The lowest BCUT2D eigenvalue weighted by molar-refractivity contribution is -0.384. The average Bonchev–Trinajstić information content (AvgIpc) is 3.42. The van der Waals surface area contributed by atoms with Crippen LogP contribution in [0.5, 0.6) is 5.75 Å². The minimum Gasteiger partial charge on any atom is -0.496 e. The van der Waals surface area contributed by atoms with E-state index in [4.69, 9.17) is 4.74 Å². The zero-order valence-corrected chi connectivity index (χ0v) is 21.1. The zero-order valence-electron chi connectivity index (χ0n) is 20.3.